The Hall–Kier alpha value is -1.33. The van der Waals surface area contributed by atoms with Crippen LogP contribution in [0.25, 0.3) is 0 Å². The fourth-order valence-electron chi connectivity index (χ4n) is 1.83. The molecule has 1 rings (SSSR count). The normalized spacial score (nSPS) is 11.2. The van der Waals surface area contributed by atoms with E-state index < -0.39 is 13.1 Å². The number of esters is 1. The minimum atomic E-state index is -1.53. The summed E-state index contributed by atoms with van der Waals surface area (Å²) < 4.78 is 4.66. The average Bonchev–Trinajstić information content (AvgIpc) is 2.25. The zero-order chi connectivity index (χ0) is 13.9. The third-order valence-electron chi connectivity index (χ3n) is 2.56. The molecule has 98 valence electrons. The Labute approximate surface area is 108 Å². The van der Waals surface area contributed by atoms with Gasteiger partial charge < -0.3 is 14.8 Å². The first-order valence-corrected chi connectivity index (χ1v) is 5.82. The van der Waals surface area contributed by atoms with Gasteiger partial charge in [-0.1, -0.05) is 26.8 Å². The van der Waals surface area contributed by atoms with E-state index in [9.17, 15) is 14.8 Å². The Kier molecular flexibility index (Phi) is 4.54. The molecule has 1 aromatic rings. The lowest BCUT2D eigenvalue weighted by atomic mass is 9.73. The summed E-state index contributed by atoms with van der Waals surface area (Å²) in [4.78, 5) is 11.5. The molecule has 0 amide bonds. The van der Waals surface area contributed by atoms with Gasteiger partial charge in [0.1, 0.15) is 0 Å². The van der Waals surface area contributed by atoms with E-state index in [1.54, 1.807) is 12.1 Å². The van der Waals surface area contributed by atoms with Crippen LogP contribution in [0.1, 0.15) is 36.7 Å². The second-order valence-corrected chi connectivity index (χ2v) is 5.52. The van der Waals surface area contributed by atoms with E-state index in [0.29, 0.717) is 17.4 Å². The summed E-state index contributed by atoms with van der Waals surface area (Å²) in [7, 11) is -0.213. The van der Waals surface area contributed by atoms with Gasteiger partial charge in [0.2, 0.25) is 0 Å². The van der Waals surface area contributed by atoms with Gasteiger partial charge in [0.05, 0.1) is 12.7 Å². The molecule has 0 aliphatic rings. The largest absolute Gasteiger partial charge is 0.488 e. The molecule has 0 spiro atoms. The highest BCUT2D eigenvalue weighted by atomic mass is 16.5. The Morgan fingerprint density at radius 2 is 1.94 bits per heavy atom. The number of carbonyl (C=O) groups is 1. The van der Waals surface area contributed by atoms with E-state index in [0.717, 1.165) is 5.56 Å². The van der Waals surface area contributed by atoms with Gasteiger partial charge in [-0.15, -0.1) is 0 Å². The number of methoxy groups -OCH3 is 1. The zero-order valence-electron chi connectivity index (χ0n) is 11.2. The van der Waals surface area contributed by atoms with Crippen molar-refractivity contribution in [2.24, 2.45) is 5.41 Å². The molecule has 18 heavy (non-hydrogen) atoms. The number of benzene rings is 1. The first kappa shape index (κ1) is 14.7. The van der Waals surface area contributed by atoms with Gasteiger partial charge in [-0.05, 0) is 35.0 Å². The third-order valence-corrected chi connectivity index (χ3v) is 2.56. The maximum atomic E-state index is 11.5. The molecule has 0 heterocycles. The highest BCUT2D eigenvalue weighted by molar-refractivity contribution is 6.59. The molecule has 0 aliphatic heterocycles. The van der Waals surface area contributed by atoms with Crippen LogP contribution in [0, 0.1) is 5.41 Å². The van der Waals surface area contributed by atoms with Crippen molar-refractivity contribution in [1.29, 1.82) is 0 Å². The summed E-state index contributed by atoms with van der Waals surface area (Å²) in [6.45, 7) is 6.14. The fourth-order valence-corrected chi connectivity index (χ4v) is 1.83. The van der Waals surface area contributed by atoms with Gasteiger partial charge >= 0.3 is 13.1 Å². The van der Waals surface area contributed by atoms with Gasteiger partial charge in [0.15, 0.2) is 0 Å². The molecule has 4 nitrogen and oxygen atoms in total. The highest BCUT2D eigenvalue weighted by Gasteiger charge is 2.21. The minimum absolute atomic E-state index is 0.0155. The summed E-state index contributed by atoms with van der Waals surface area (Å²) in [5.74, 6) is -0.427. The van der Waals surface area contributed by atoms with Crippen LogP contribution in [-0.4, -0.2) is 30.2 Å². The van der Waals surface area contributed by atoms with Crippen molar-refractivity contribution in [3.05, 3.63) is 29.3 Å². The van der Waals surface area contributed by atoms with Crippen molar-refractivity contribution in [3.8, 4) is 0 Å². The van der Waals surface area contributed by atoms with E-state index in [-0.39, 0.29) is 5.41 Å². The van der Waals surface area contributed by atoms with E-state index in [2.05, 4.69) is 4.74 Å². The number of rotatable bonds is 3. The van der Waals surface area contributed by atoms with Crippen LogP contribution in [0.3, 0.4) is 0 Å². The van der Waals surface area contributed by atoms with E-state index >= 15 is 0 Å². The first-order chi connectivity index (χ1) is 8.24. The third kappa shape index (κ3) is 3.86. The molecule has 5 heteroatoms. The van der Waals surface area contributed by atoms with Gasteiger partial charge in [0, 0.05) is 0 Å². The lowest BCUT2D eigenvalue weighted by molar-refractivity contribution is 0.0600. The van der Waals surface area contributed by atoms with E-state index in [1.807, 2.05) is 20.8 Å². The van der Waals surface area contributed by atoms with Crippen LogP contribution in [0.2, 0.25) is 0 Å². The minimum Gasteiger partial charge on any atom is -0.465 e. The zero-order valence-corrected chi connectivity index (χ0v) is 11.2. The van der Waals surface area contributed by atoms with Crippen LogP contribution in [0.15, 0.2) is 18.2 Å². The monoisotopic (exact) mass is 250 g/mol. The standard InChI is InChI=1S/C13H19BO4/c1-13(2,3)8-10-7-9(12(15)18-4)5-6-11(10)14(16)17/h5-7,16-17H,8H2,1-4H3. The molecule has 0 aliphatic carbocycles. The maximum absolute atomic E-state index is 11.5. The van der Waals surface area contributed by atoms with Gasteiger partial charge in [0.25, 0.3) is 0 Å². The van der Waals surface area contributed by atoms with Crippen molar-refractivity contribution >= 4 is 18.6 Å². The molecule has 0 fully saturated rings. The number of ether oxygens (including phenoxy) is 1. The Balaban J connectivity index is 3.20. The average molecular weight is 250 g/mol. The summed E-state index contributed by atoms with van der Waals surface area (Å²) in [6.07, 6.45) is 0.644. The number of carbonyl (C=O) groups excluding carboxylic acids is 1. The molecular weight excluding hydrogens is 231 g/mol. The Morgan fingerprint density at radius 3 is 2.39 bits per heavy atom. The fraction of sp³-hybridized carbons (Fsp3) is 0.462. The number of hydrogen-bond acceptors (Lipinski definition) is 4. The molecule has 0 saturated carbocycles. The first-order valence-electron chi connectivity index (χ1n) is 5.82. The molecule has 1 aromatic carbocycles. The molecule has 0 atom stereocenters. The van der Waals surface area contributed by atoms with Gasteiger partial charge in [-0.2, -0.15) is 0 Å². The molecule has 0 bridgehead atoms. The van der Waals surface area contributed by atoms with Crippen molar-refractivity contribution in [2.75, 3.05) is 7.11 Å². The smallest absolute Gasteiger partial charge is 0.465 e. The summed E-state index contributed by atoms with van der Waals surface area (Å²) in [6, 6.07) is 4.75. The lowest BCUT2D eigenvalue weighted by Crippen LogP contribution is -2.34. The summed E-state index contributed by atoms with van der Waals surface area (Å²) in [5.41, 5.74) is 1.58. The number of hydrogen-bond donors (Lipinski definition) is 2. The maximum Gasteiger partial charge on any atom is 0.488 e. The van der Waals surface area contributed by atoms with E-state index in [1.165, 1.54) is 13.2 Å². The molecular formula is C13H19BO4. The lowest BCUT2D eigenvalue weighted by Gasteiger charge is -2.21. The summed E-state index contributed by atoms with van der Waals surface area (Å²) in [5, 5.41) is 18.7. The van der Waals surface area contributed by atoms with Crippen LogP contribution in [-0.2, 0) is 11.2 Å². The van der Waals surface area contributed by atoms with Crippen molar-refractivity contribution in [2.45, 2.75) is 27.2 Å². The molecule has 0 saturated heterocycles. The van der Waals surface area contributed by atoms with Crippen LogP contribution in [0.5, 0.6) is 0 Å². The Morgan fingerprint density at radius 1 is 1.33 bits per heavy atom. The van der Waals surface area contributed by atoms with Crippen LogP contribution in [0.4, 0.5) is 0 Å². The van der Waals surface area contributed by atoms with Gasteiger partial charge in [-0.25, -0.2) is 4.79 Å². The predicted octanol–water partition coefficient (Wildman–Crippen LogP) is 0.742. The molecule has 0 radical (unpaired) electrons. The van der Waals surface area contributed by atoms with Crippen molar-refractivity contribution in [3.63, 3.8) is 0 Å². The topological polar surface area (TPSA) is 66.8 Å². The summed E-state index contributed by atoms with van der Waals surface area (Å²) >= 11 is 0. The SMILES string of the molecule is COC(=O)c1ccc(B(O)O)c(CC(C)(C)C)c1. The molecule has 0 aromatic heterocycles. The highest BCUT2D eigenvalue weighted by Crippen LogP contribution is 2.20. The van der Waals surface area contributed by atoms with Crippen LogP contribution >= 0.6 is 0 Å². The van der Waals surface area contributed by atoms with E-state index in [4.69, 9.17) is 0 Å². The second-order valence-electron chi connectivity index (χ2n) is 5.52. The molecule has 2 N–H and O–H groups in total. The predicted molar refractivity (Wildman–Crippen MR) is 70.8 cm³/mol. The Bertz CT molecular complexity index is 435. The van der Waals surface area contributed by atoms with Crippen molar-refractivity contribution in [1.82, 2.24) is 0 Å². The second kappa shape index (κ2) is 5.54. The van der Waals surface area contributed by atoms with Crippen molar-refractivity contribution < 1.29 is 19.6 Å². The van der Waals surface area contributed by atoms with Crippen LogP contribution < -0.4 is 5.46 Å². The van der Waals surface area contributed by atoms with Gasteiger partial charge in [-0.3, -0.25) is 0 Å². The molecule has 0 unspecified atom stereocenters. The quantitative estimate of drug-likeness (QED) is 0.613.